The minimum absolute atomic E-state index is 0.298. The van der Waals surface area contributed by atoms with Gasteiger partial charge in [-0.2, -0.15) is 0 Å². The summed E-state index contributed by atoms with van der Waals surface area (Å²) in [5.74, 6) is 2.35. The van der Waals surface area contributed by atoms with Crippen LogP contribution in [0.2, 0.25) is 5.02 Å². The molecule has 1 fully saturated rings. The molecule has 0 saturated carbocycles. The van der Waals surface area contributed by atoms with E-state index in [1.807, 2.05) is 0 Å². The number of piperidine rings is 1. The highest BCUT2D eigenvalue weighted by Gasteiger charge is 2.19. The standard InChI is InChI=1S/C14H16ClFN2/c1-2-7-18-8-5-12(6-9-18)17-14-4-3-11(15)10-13(14)16/h1,3-4,10,12,17H,5-9H2. The quantitative estimate of drug-likeness (QED) is 0.846. The van der Waals surface area contributed by atoms with Crippen molar-refractivity contribution in [3.05, 3.63) is 29.0 Å². The summed E-state index contributed by atoms with van der Waals surface area (Å²) in [7, 11) is 0. The Hall–Kier alpha value is -1.24. The van der Waals surface area contributed by atoms with Gasteiger partial charge < -0.3 is 5.32 Å². The van der Waals surface area contributed by atoms with Crippen LogP contribution in [0.15, 0.2) is 18.2 Å². The highest BCUT2D eigenvalue weighted by molar-refractivity contribution is 6.30. The average Bonchev–Trinajstić information content (AvgIpc) is 2.35. The topological polar surface area (TPSA) is 15.3 Å². The van der Waals surface area contributed by atoms with Crippen molar-refractivity contribution in [3.8, 4) is 12.3 Å². The fourth-order valence-corrected chi connectivity index (χ4v) is 2.35. The summed E-state index contributed by atoms with van der Waals surface area (Å²) in [6, 6.07) is 5.01. The van der Waals surface area contributed by atoms with E-state index in [1.54, 1.807) is 12.1 Å². The van der Waals surface area contributed by atoms with E-state index in [0.717, 1.165) is 25.9 Å². The molecule has 0 unspecified atom stereocenters. The van der Waals surface area contributed by atoms with Crippen LogP contribution in [0.4, 0.5) is 10.1 Å². The van der Waals surface area contributed by atoms with E-state index in [4.69, 9.17) is 18.0 Å². The molecule has 1 aliphatic rings. The molecule has 0 amide bonds. The molecule has 4 heteroatoms. The van der Waals surface area contributed by atoms with E-state index in [0.29, 0.717) is 23.3 Å². The highest BCUT2D eigenvalue weighted by Crippen LogP contribution is 2.22. The summed E-state index contributed by atoms with van der Waals surface area (Å²) >= 11 is 5.72. The van der Waals surface area contributed by atoms with Gasteiger partial charge in [-0.3, -0.25) is 4.90 Å². The van der Waals surface area contributed by atoms with Gasteiger partial charge in [-0.15, -0.1) is 6.42 Å². The second-order valence-electron chi connectivity index (χ2n) is 4.52. The number of rotatable bonds is 3. The van der Waals surface area contributed by atoms with Gasteiger partial charge in [0.25, 0.3) is 0 Å². The molecule has 1 heterocycles. The molecular weight excluding hydrogens is 251 g/mol. The molecule has 0 spiro atoms. The molecule has 0 bridgehead atoms. The first-order valence-electron chi connectivity index (χ1n) is 6.06. The molecule has 2 nitrogen and oxygen atoms in total. The Morgan fingerprint density at radius 2 is 2.17 bits per heavy atom. The van der Waals surface area contributed by atoms with E-state index in [2.05, 4.69) is 16.1 Å². The summed E-state index contributed by atoms with van der Waals surface area (Å²) in [6.07, 6.45) is 7.23. The van der Waals surface area contributed by atoms with Gasteiger partial charge in [0.2, 0.25) is 0 Å². The van der Waals surface area contributed by atoms with Crippen molar-refractivity contribution in [2.45, 2.75) is 18.9 Å². The summed E-state index contributed by atoms with van der Waals surface area (Å²) in [5, 5.41) is 3.65. The van der Waals surface area contributed by atoms with Crippen molar-refractivity contribution in [2.24, 2.45) is 0 Å². The van der Waals surface area contributed by atoms with Crippen LogP contribution < -0.4 is 5.32 Å². The molecule has 1 saturated heterocycles. The maximum absolute atomic E-state index is 13.6. The zero-order valence-electron chi connectivity index (χ0n) is 10.1. The van der Waals surface area contributed by atoms with Crippen molar-refractivity contribution in [1.29, 1.82) is 0 Å². The van der Waals surface area contributed by atoms with Crippen LogP contribution in [0, 0.1) is 18.2 Å². The number of hydrogen-bond donors (Lipinski definition) is 1. The summed E-state index contributed by atoms with van der Waals surface area (Å²) < 4.78 is 13.6. The first kappa shape index (κ1) is 13.2. The number of halogens is 2. The number of terminal acetylenes is 1. The van der Waals surface area contributed by atoms with Crippen LogP contribution in [0.5, 0.6) is 0 Å². The van der Waals surface area contributed by atoms with Crippen LogP contribution in [-0.4, -0.2) is 30.6 Å². The van der Waals surface area contributed by atoms with Gasteiger partial charge in [0, 0.05) is 24.2 Å². The van der Waals surface area contributed by atoms with E-state index in [1.165, 1.54) is 6.07 Å². The number of benzene rings is 1. The Morgan fingerprint density at radius 3 is 2.78 bits per heavy atom. The van der Waals surface area contributed by atoms with Gasteiger partial charge in [0.15, 0.2) is 0 Å². The summed E-state index contributed by atoms with van der Waals surface area (Å²) in [5.41, 5.74) is 0.523. The second kappa shape index (κ2) is 6.08. The smallest absolute Gasteiger partial charge is 0.147 e. The molecule has 1 aliphatic heterocycles. The molecule has 0 aromatic heterocycles. The van der Waals surface area contributed by atoms with Crippen LogP contribution in [0.25, 0.3) is 0 Å². The zero-order valence-corrected chi connectivity index (χ0v) is 10.9. The van der Waals surface area contributed by atoms with Gasteiger partial charge in [-0.1, -0.05) is 17.5 Å². The molecular formula is C14H16ClFN2. The summed E-state index contributed by atoms with van der Waals surface area (Å²) in [6.45, 7) is 2.61. The van der Waals surface area contributed by atoms with E-state index in [9.17, 15) is 4.39 Å². The third-order valence-corrected chi connectivity index (χ3v) is 3.43. The van der Waals surface area contributed by atoms with Gasteiger partial charge in [0.05, 0.1) is 12.2 Å². The lowest BCUT2D eigenvalue weighted by molar-refractivity contribution is 0.243. The van der Waals surface area contributed by atoms with Gasteiger partial charge in [-0.05, 0) is 31.0 Å². The maximum atomic E-state index is 13.6. The minimum Gasteiger partial charge on any atom is -0.380 e. The minimum atomic E-state index is -0.298. The van der Waals surface area contributed by atoms with Crippen molar-refractivity contribution in [3.63, 3.8) is 0 Å². The first-order chi connectivity index (χ1) is 8.69. The number of anilines is 1. The Kier molecular flexibility index (Phi) is 4.46. The van der Waals surface area contributed by atoms with E-state index >= 15 is 0 Å². The predicted octanol–water partition coefficient (Wildman–Crippen LogP) is 2.99. The van der Waals surface area contributed by atoms with Crippen molar-refractivity contribution in [1.82, 2.24) is 4.90 Å². The molecule has 2 rings (SSSR count). The molecule has 1 aromatic carbocycles. The van der Waals surface area contributed by atoms with Crippen LogP contribution in [0.3, 0.4) is 0 Å². The Bertz CT molecular complexity index is 448. The SMILES string of the molecule is C#CCN1CCC(Nc2ccc(Cl)cc2F)CC1. The molecule has 0 atom stereocenters. The lowest BCUT2D eigenvalue weighted by Crippen LogP contribution is -2.39. The van der Waals surface area contributed by atoms with Crippen molar-refractivity contribution < 1.29 is 4.39 Å². The van der Waals surface area contributed by atoms with Crippen LogP contribution >= 0.6 is 11.6 Å². The fourth-order valence-electron chi connectivity index (χ4n) is 2.19. The lowest BCUT2D eigenvalue weighted by atomic mass is 10.0. The first-order valence-corrected chi connectivity index (χ1v) is 6.44. The van der Waals surface area contributed by atoms with Crippen LogP contribution in [-0.2, 0) is 0 Å². The molecule has 1 aromatic rings. The molecule has 0 radical (unpaired) electrons. The van der Waals surface area contributed by atoms with Crippen molar-refractivity contribution in [2.75, 3.05) is 25.0 Å². The molecule has 18 heavy (non-hydrogen) atoms. The summed E-state index contributed by atoms with van der Waals surface area (Å²) in [4.78, 5) is 2.23. The largest absolute Gasteiger partial charge is 0.380 e. The number of likely N-dealkylation sites (tertiary alicyclic amines) is 1. The van der Waals surface area contributed by atoms with E-state index < -0.39 is 0 Å². The highest BCUT2D eigenvalue weighted by atomic mass is 35.5. The van der Waals surface area contributed by atoms with Gasteiger partial charge in [0.1, 0.15) is 5.82 Å². The Balaban J connectivity index is 1.90. The Morgan fingerprint density at radius 1 is 1.44 bits per heavy atom. The Labute approximate surface area is 112 Å². The normalized spacial score (nSPS) is 17.4. The zero-order chi connectivity index (χ0) is 13.0. The number of nitrogens with zero attached hydrogens (tertiary/aromatic N) is 1. The fraction of sp³-hybridized carbons (Fsp3) is 0.429. The van der Waals surface area contributed by atoms with Gasteiger partial charge in [-0.25, -0.2) is 4.39 Å². The predicted molar refractivity (Wildman–Crippen MR) is 73.3 cm³/mol. The molecule has 0 aliphatic carbocycles. The second-order valence-corrected chi connectivity index (χ2v) is 4.96. The third kappa shape index (κ3) is 3.38. The van der Waals surface area contributed by atoms with Crippen LogP contribution in [0.1, 0.15) is 12.8 Å². The van der Waals surface area contributed by atoms with E-state index in [-0.39, 0.29) is 5.82 Å². The third-order valence-electron chi connectivity index (χ3n) is 3.19. The lowest BCUT2D eigenvalue weighted by Gasteiger charge is -2.31. The number of hydrogen-bond acceptors (Lipinski definition) is 2. The maximum Gasteiger partial charge on any atom is 0.147 e. The molecule has 96 valence electrons. The molecule has 1 N–H and O–H groups in total. The average molecular weight is 267 g/mol. The van der Waals surface area contributed by atoms with Gasteiger partial charge >= 0.3 is 0 Å². The van der Waals surface area contributed by atoms with Crippen molar-refractivity contribution >= 4 is 17.3 Å². The monoisotopic (exact) mass is 266 g/mol. The number of nitrogens with one attached hydrogen (secondary N) is 1.